The van der Waals surface area contributed by atoms with Crippen LogP contribution in [0.15, 0.2) is 12.1 Å². The maximum Gasteiger partial charge on any atom is 0.320 e. The van der Waals surface area contributed by atoms with Crippen LogP contribution in [-0.2, 0) is 9.59 Å². The van der Waals surface area contributed by atoms with Crippen LogP contribution in [0.25, 0.3) is 0 Å². The first-order valence-electron chi connectivity index (χ1n) is 6.45. The summed E-state index contributed by atoms with van der Waals surface area (Å²) in [6.45, 7) is 3.89. The third kappa shape index (κ3) is 3.11. The lowest BCUT2D eigenvalue weighted by molar-refractivity contribution is -0.139. The van der Waals surface area contributed by atoms with Crippen LogP contribution >= 0.6 is 11.6 Å². The molecule has 5 nitrogen and oxygen atoms in total. The molecular formula is C14H17ClN2O3. The van der Waals surface area contributed by atoms with Crippen LogP contribution < -0.4 is 10.6 Å². The lowest BCUT2D eigenvalue weighted by Gasteiger charge is -2.14. The van der Waals surface area contributed by atoms with Gasteiger partial charge in [-0.3, -0.25) is 14.9 Å². The van der Waals surface area contributed by atoms with Gasteiger partial charge in [-0.25, -0.2) is 0 Å². The minimum atomic E-state index is -0.926. The Hall–Kier alpha value is -1.59. The zero-order valence-electron chi connectivity index (χ0n) is 11.4. The van der Waals surface area contributed by atoms with Gasteiger partial charge in [-0.05, 0) is 49.9 Å². The van der Waals surface area contributed by atoms with E-state index >= 15 is 0 Å². The van der Waals surface area contributed by atoms with E-state index in [4.69, 9.17) is 16.7 Å². The first kappa shape index (κ1) is 14.8. The molecule has 0 unspecified atom stereocenters. The van der Waals surface area contributed by atoms with Crippen LogP contribution in [0.4, 0.5) is 5.69 Å². The Balaban J connectivity index is 2.06. The highest BCUT2D eigenvalue weighted by Gasteiger charge is 2.33. The summed E-state index contributed by atoms with van der Waals surface area (Å²) in [7, 11) is 0. The first-order chi connectivity index (χ1) is 9.38. The number of carbonyl (C=O) groups excluding carboxylic acids is 1. The molecule has 0 aliphatic carbocycles. The highest BCUT2D eigenvalue weighted by molar-refractivity contribution is 6.33. The van der Waals surface area contributed by atoms with Crippen molar-refractivity contribution in [2.45, 2.75) is 38.8 Å². The number of halogens is 1. The van der Waals surface area contributed by atoms with Gasteiger partial charge in [0.25, 0.3) is 0 Å². The number of anilines is 1. The predicted molar refractivity (Wildman–Crippen MR) is 77.1 cm³/mol. The van der Waals surface area contributed by atoms with Crippen molar-refractivity contribution in [2.75, 3.05) is 5.32 Å². The Morgan fingerprint density at radius 1 is 1.25 bits per heavy atom. The average Bonchev–Trinajstić information content (AvgIpc) is 2.85. The minimum absolute atomic E-state index is 0.251. The zero-order chi connectivity index (χ0) is 14.9. The number of amides is 1. The molecule has 108 valence electrons. The number of carbonyl (C=O) groups is 2. The minimum Gasteiger partial charge on any atom is -0.480 e. The molecule has 0 aromatic heterocycles. The first-order valence-corrected chi connectivity index (χ1v) is 6.82. The van der Waals surface area contributed by atoms with E-state index in [1.54, 1.807) is 6.07 Å². The molecule has 0 saturated carbocycles. The van der Waals surface area contributed by atoms with E-state index < -0.39 is 18.1 Å². The average molecular weight is 297 g/mol. The van der Waals surface area contributed by atoms with Gasteiger partial charge < -0.3 is 10.4 Å². The van der Waals surface area contributed by atoms with Gasteiger partial charge in [0.2, 0.25) is 5.91 Å². The van der Waals surface area contributed by atoms with Crippen LogP contribution in [0.2, 0.25) is 5.02 Å². The standard InChI is InChI=1S/C14H17ClN2O3/c1-7-5-9(15)12(6-8(7)2)17-13(18)10-3-4-11(16-10)14(19)20/h5-6,10-11,16H,3-4H2,1-2H3,(H,17,18)(H,19,20)/t10-,11+/m0/s1. The number of aliphatic carboxylic acids is 1. The van der Waals surface area contributed by atoms with Crippen LogP contribution in [0.3, 0.4) is 0 Å². The lowest BCUT2D eigenvalue weighted by Crippen LogP contribution is -2.41. The number of rotatable bonds is 3. The van der Waals surface area contributed by atoms with Gasteiger partial charge in [-0.15, -0.1) is 0 Å². The fourth-order valence-electron chi connectivity index (χ4n) is 2.24. The van der Waals surface area contributed by atoms with E-state index in [0.717, 1.165) is 11.1 Å². The van der Waals surface area contributed by atoms with Crippen molar-refractivity contribution in [3.05, 3.63) is 28.3 Å². The molecule has 1 amide bonds. The summed E-state index contributed by atoms with van der Waals surface area (Å²) in [5.74, 6) is -1.18. The molecule has 0 spiro atoms. The maximum absolute atomic E-state index is 12.1. The van der Waals surface area contributed by atoms with E-state index in [1.165, 1.54) is 0 Å². The predicted octanol–water partition coefficient (Wildman–Crippen LogP) is 2.10. The fraction of sp³-hybridized carbons (Fsp3) is 0.429. The van der Waals surface area contributed by atoms with Crippen molar-refractivity contribution < 1.29 is 14.7 Å². The normalized spacial score (nSPS) is 21.8. The smallest absolute Gasteiger partial charge is 0.320 e. The molecule has 1 aliphatic heterocycles. The number of hydrogen-bond donors (Lipinski definition) is 3. The second-order valence-corrected chi connectivity index (χ2v) is 5.50. The summed E-state index contributed by atoms with van der Waals surface area (Å²) in [6, 6.07) is 2.48. The zero-order valence-corrected chi connectivity index (χ0v) is 12.1. The molecule has 1 heterocycles. The molecule has 0 bridgehead atoms. The fourth-order valence-corrected chi connectivity index (χ4v) is 2.51. The molecule has 1 fully saturated rings. The van der Waals surface area contributed by atoms with Gasteiger partial charge in [0.15, 0.2) is 0 Å². The van der Waals surface area contributed by atoms with E-state index in [9.17, 15) is 9.59 Å². The summed E-state index contributed by atoms with van der Waals surface area (Å²) in [6.07, 6.45) is 0.958. The molecule has 1 saturated heterocycles. The van der Waals surface area contributed by atoms with Crippen LogP contribution in [-0.4, -0.2) is 29.1 Å². The molecule has 2 rings (SSSR count). The van der Waals surface area contributed by atoms with Crippen molar-refractivity contribution in [3.63, 3.8) is 0 Å². The molecule has 0 radical (unpaired) electrons. The van der Waals surface area contributed by atoms with Gasteiger partial charge in [0, 0.05) is 0 Å². The number of benzene rings is 1. The molecule has 3 N–H and O–H groups in total. The number of aryl methyl sites for hydroxylation is 2. The number of carboxylic acid groups (broad SMARTS) is 1. The Labute approximate surface area is 122 Å². The second kappa shape index (κ2) is 5.81. The highest BCUT2D eigenvalue weighted by Crippen LogP contribution is 2.26. The van der Waals surface area contributed by atoms with E-state index in [2.05, 4.69) is 10.6 Å². The Kier molecular flexibility index (Phi) is 4.30. The third-order valence-corrected chi connectivity index (χ3v) is 3.91. The van der Waals surface area contributed by atoms with E-state index in [1.807, 2.05) is 19.9 Å². The largest absolute Gasteiger partial charge is 0.480 e. The summed E-state index contributed by atoms with van der Waals surface area (Å²) < 4.78 is 0. The highest BCUT2D eigenvalue weighted by atomic mass is 35.5. The van der Waals surface area contributed by atoms with Gasteiger partial charge >= 0.3 is 5.97 Å². The van der Waals surface area contributed by atoms with Crippen molar-refractivity contribution in [1.29, 1.82) is 0 Å². The van der Waals surface area contributed by atoms with Gasteiger partial charge in [0.1, 0.15) is 6.04 Å². The summed E-state index contributed by atoms with van der Waals surface area (Å²) in [4.78, 5) is 23.0. The topological polar surface area (TPSA) is 78.4 Å². The molecular weight excluding hydrogens is 280 g/mol. The molecule has 20 heavy (non-hydrogen) atoms. The third-order valence-electron chi connectivity index (χ3n) is 3.60. The van der Waals surface area contributed by atoms with E-state index in [0.29, 0.717) is 23.6 Å². The Morgan fingerprint density at radius 2 is 1.85 bits per heavy atom. The summed E-state index contributed by atoms with van der Waals surface area (Å²) in [5, 5.41) is 14.9. The summed E-state index contributed by atoms with van der Waals surface area (Å²) >= 11 is 6.10. The number of carboxylic acids is 1. The molecule has 2 atom stereocenters. The van der Waals surface area contributed by atoms with Crippen molar-refractivity contribution in [3.8, 4) is 0 Å². The van der Waals surface area contributed by atoms with Crippen molar-refractivity contribution in [1.82, 2.24) is 5.32 Å². The monoisotopic (exact) mass is 296 g/mol. The Bertz CT molecular complexity index is 560. The molecule has 1 aromatic carbocycles. The molecule has 6 heteroatoms. The summed E-state index contributed by atoms with van der Waals surface area (Å²) in [5.41, 5.74) is 2.64. The number of nitrogens with one attached hydrogen (secondary N) is 2. The van der Waals surface area contributed by atoms with Crippen molar-refractivity contribution in [2.24, 2.45) is 0 Å². The van der Waals surface area contributed by atoms with Gasteiger partial charge in [0.05, 0.1) is 16.8 Å². The quantitative estimate of drug-likeness (QED) is 0.798. The number of hydrogen-bond acceptors (Lipinski definition) is 3. The van der Waals surface area contributed by atoms with E-state index in [-0.39, 0.29) is 5.91 Å². The second-order valence-electron chi connectivity index (χ2n) is 5.09. The van der Waals surface area contributed by atoms with Gasteiger partial charge in [-0.1, -0.05) is 11.6 Å². The molecule has 1 aromatic rings. The van der Waals surface area contributed by atoms with Crippen LogP contribution in [0.1, 0.15) is 24.0 Å². The Morgan fingerprint density at radius 3 is 2.45 bits per heavy atom. The SMILES string of the molecule is Cc1cc(Cl)c(NC(=O)[C@@H]2CC[C@H](C(=O)O)N2)cc1C. The van der Waals surface area contributed by atoms with Crippen molar-refractivity contribution >= 4 is 29.2 Å². The maximum atomic E-state index is 12.1. The lowest BCUT2D eigenvalue weighted by atomic mass is 10.1. The van der Waals surface area contributed by atoms with Crippen LogP contribution in [0, 0.1) is 13.8 Å². The van der Waals surface area contributed by atoms with Gasteiger partial charge in [-0.2, -0.15) is 0 Å². The molecule has 1 aliphatic rings. The van der Waals surface area contributed by atoms with Crippen LogP contribution in [0.5, 0.6) is 0 Å².